The molecule has 0 unspecified atom stereocenters. The van der Waals surface area contributed by atoms with Gasteiger partial charge in [-0.25, -0.2) is 0 Å². The molecule has 0 aliphatic carbocycles. The van der Waals surface area contributed by atoms with Gasteiger partial charge in [0, 0.05) is 12.6 Å². The Balaban J connectivity index is 2.37. The number of rotatable bonds is 4. The second-order valence-electron chi connectivity index (χ2n) is 3.11. The van der Waals surface area contributed by atoms with E-state index in [1.54, 1.807) is 18.5 Å². The van der Waals surface area contributed by atoms with Crippen LogP contribution >= 0.6 is 0 Å². The fourth-order valence-electron chi connectivity index (χ4n) is 0.861. The number of anilines is 1. The topological polar surface area (TPSA) is 51.4 Å². The smallest absolute Gasteiger partial charge is 0.139 e. The molecule has 4 heteroatoms. The summed E-state index contributed by atoms with van der Waals surface area (Å²) in [6.07, 6.45) is 3.25. The molecule has 0 aliphatic heterocycles. The maximum Gasteiger partial charge on any atom is 0.139 e. The standard InChI is InChI=1S/C9H15N3O/c1-12(2)3-4-13-9-5-8(10)6-11-7-9/h5-7H,3-4,10H2,1-2H3. The van der Waals surface area contributed by atoms with Crippen molar-refractivity contribution in [2.75, 3.05) is 33.0 Å². The third-order valence-corrected chi connectivity index (χ3v) is 1.54. The van der Waals surface area contributed by atoms with Gasteiger partial charge in [0.2, 0.25) is 0 Å². The van der Waals surface area contributed by atoms with E-state index in [1.165, 1.54) is 0 Å². The molecule has 0 spiro atoms. The zero-order chi connectivity index (χ0) is 9.68. The van der Waals surface area contributed by atoms with Gasteiger partial charge in [-0.1, -0.05) is 0 Å². The van der Waals surface area contributed by atoms with Gasteiger partial charge in [-0.15, -0.1) is 0 Å². The second kappa shape index (κ2) is 4.67. The van der Waals surface area contributed by atoms with Crippen molar-refractivity contribution in [2.45, 2.75) is 0 Å². The van der Waals surface area contributed by atoms with E-state index >= 15 is 0 Å². The number of nitrogens with zero attached hydrogens (tertiary/aromatic N) is 2. The van der Waals surface area contributed by atoms with E-state index in [0.717, 1.165) is 12.3 Å². The molecule has 2 N–H and O–H groups in total. The van der Waals surface area contributed by atoms with Crippen LogP contribution in [0, 0.1) is 0 Å². The molecule has 0 fully saturated rings. The largest absolute Gasteiger partial charge is 0.491 e. The van der Waals surface area contributed by atoms with Gasteiger partial charge >= 0.3 is 0 Å². The molecule has 0 aromatic carbocycles. The molecule has 0 bridgehead atoms. The monoisotopic (exact) mass is 181 g/mol. The summed E-state index contributed by atoms with van der Waals surface area (Å²) >= 11 is 0. The highest BCUT2D eigenvalue weighted by atomic mass is 16.5. The van der Waals surface area contributed by atoms with Crippen LogP contribution in [0.15, 0.2) is 18.5 Å². The molecule has 72 valence electrons. The number of aromatic nitrogens is 1. The summed E-state index contributed by atoms with van der Waals surface area (Å²) in [5, 5.41) is 0. The molecule has 1 aromatic heterocycles. The maximum atomic E-state index is 5.54. The van der Waals surface area contributed by atoms with E-state index in [0.29, 0.717) is 12.3 Å². The van der Waals surface area contributed by atoms with Crippen LogP contribution < -0.4 is 10.5 Å². The molecule has 0 saturated heterocycles. The van der Waals surface area contributed by atoms with Crippen molar-refractivity contribution in [3.05, 3.63) is 18.5 Å². The number of nitrogen functional groups attached to an aromatic ring is 1. The van der Waals surface area contributed by atoms with Gasteiger partial charge in [0.1, 0.15) is 12.4 Å². The van der Waals surface area contributed by atoms with Crippen molar-refractivity contribution in [3.63, 3.8) is 0 Å². The molecule has 1 heterocycles. The molecular formula is C9H15N3O. The first kappa shape index (κ1) is 9.80. The third kappa shape index (κ3) is 3.75. The first-order chi connectivity index (χ1) is 6.18. The van der Waals surface area contributed by atoms with Crippen LogP contribution in [0.25, 0.3) is 0 Å². The Kier molecular flexibility index (Phi) is 3.52. The van der Waals surface area contributed by atoms with Crippen LogP contribution in [0.1, 0.15) is 0 Å². The van der Waals surface area contributed by atoms with Crippen LogP contribution in [-0.4, -0.2) is 37.1 Å². The summed E-state index contributed by atoms with van der Waals surface area (Å²) in [6.45, 7) is 1.53. The van der Waals surface area contributed by atoms with E-state index in [1.807, 2.05) is 14.1 Å². The lowest BCUT2D eigenvalue weighted by atomic mass is 10.4. The van der Waals surface area contributed by atoms with E-state index in [-0.39, 0.29) is 0 Å². The van der Waals surface area contributed by atoms with Crippen LogP contribution in [-0.2, 0) is 0 Å². The van der Waals surface area contributed by atoms with Crippen LogP contribution in [0.4, 0.5) is 5.69 Å². The van der Waals surface area contributed by atoms with Crippen molar-refractivity contribution in [1.82, 2.24) is 9.88 Å². The van der Waals surface area contributed by atoms with Gasteiger partial charge in [0.15, 0.2) is 0 Å². The average molecular weight is 181 g/mol. The predicted octanol–water partition coefficient (Wildman–Crippen LogP) is 0.604. The molecule has 0 aliphatic rings. The number of hydrogen-bond donors (Lipinski definition) is 1. The Hall–Kier alpha value is -1.29. The molecule has 1 rings (SSSR count). The quantitative estimate of drug-likeness (QED) is 0.739. The van der Waals surface area contributed by atoms with E-state index in [4.69, 9.17) is 10.5 Å². The zero-order valence-corrected chi connectivity index (χ0v) is 8.03. The summed E-state index contributed by atoms with van der Waals surface area (Å²) in [7, 11) is 4.00. The number of ether oxygens (including phenoxy) is 1. The fraction of sp³-hybridized carbons (Fsp3) is 0.444. The van der Waals surface area contributed by atoms with Crippen molar-refractivity contribution >= 4 is 5.69 Å². The number of nitrogens with two attached hydrogens (primary N) is 1. The zero-order valence-electron chi connectivity index (χ0n) is 8.03. The van der Waals surface area contributed by atoms with Crippen molar-refractivity contribution in [1.29, 1.82) is 0 Å². The summed E-state index contributed by atoms with van der Waals surface area (Å²) in [4.78, 5) is 5.97. The summed E-state index contributed by atoms with van der Waals surface area (Å²) in [6, 6.07) is 1.77. The number of pyridine rings is 1. The SMILES string of the molecule is CN(C)CCOc1cncc(N)c1. The lowest BCUT2D eigenvalue weighted by Gasteiger charge is -2.10. The Bertz CT molecular complexity index is 263. The van der Waals surface area contributed by atoms with Gasteiger partial charge in [-0.2, -0.15) is 0 Å². The lowest BCUT2D eigenvalue weighted by Crippen LogP contribution is -2.19. The Morgan fingerprint density at radius 3 is 2.85 bits per heavy atom. The molecular weight excluding hydrogens is 166 g/mol. The highest BCUT2D eigenvalue weighted by molar-refractivity contribution is 5.39. The minimum Gasteiger partial charge on any atom is -0.491 e. The van der Waals surface area contributed by atoms with Gasteiger partial charge in [-0.3, -0.25) is 4.98 Å². The normalized spacial score (nSPS) is 10.4. The van der Waals surface area contributed by atoms with Crippen LogP contribution in [0.2, 0.25) is 0 Å². The molecule has 4 nitrogen and oxygen atoms in total. The summed E-state index contributed by atoms with van der Waals surface area (Å²) in [5.74, 6) is 0.724. The number of likely N-dealkylation sites (N-methyl/N-ethyl adjacent to an activating group) is 1. The van der Waals surface area contributed by atoms with E-state index in [9.17, 15) is 0 Å². The molecule has 0 amide bonds. The third-order valence-electron chi connectivity index (χ3n) is 1.54. The van der Waals surface area contributed by atoms with Gasteiger partial charge in [-0.05, 0) is 14.1 Å². The molecule has 0 atom stereocenters. The summed E-state index contributed by atoms with van der Waals surface area (Å²) < 4.78 is 5.41. The van der Waals surface area contributed by atoms with Gasteiger partial charge in [0.05, 0.1) is 18.1 Å². The number of hydrogen-bond acceptors (Lipinski definition) is 4. The first-order valence-electron chi connectivity index (χ1n) is 4.16. The molecule has 13 heavy (non-hydrogen) atoms. The highest BCUT2D eigenvalue weighted by Gasteiger charge is 1.95. The fourth-order valence-corrected chi connectivity index (χ4v) is 0.861. The van der Waals surface area contributed by atoms with Crippen LogP contribution in [0.3, 0.4) is 0 Å². The predicted molar refractivity (Wildman–Crippen MR) is 52.7 cm³/mol. The summed E-state index contributed by atoms with van der Waals surface area (Å²) in [5.41, 5.74) is 6.16. The Morgan fingerprint density at radius 1 is 1.46 bits per heavy atom. The van der Waals surface area contributed by atoms with Crippen molar-refractivity contribution < 1.29 is 4.74 Å². The first-order valence-corrected chi connectivity index (χ1v) is 4.16. The minimum absolute atomic E-state index is 0.627. The van der Waals surface area contributed by atoms with Gasteiger partial charge in [0.25, 0.3) is 0 Å². The van der Waals surface area contributed by atoms with Crippen molar-refractivity contribution in [2.24, 2.45) is 0 Å². The lowest BCUT2D eigenvalue weighted by molar-refractivity contribution is 0.261. The highest BCUT2D eigenvalue weighted by Crippen LogP contribution is 2.11. The maximum absolute atomic E-state index is 5.54. The second-order valence-corrected chi connectivity index (χ2v) is 3.11. The van der Waals surface area contributed by atoms with E-state index < -0.39 is 0 Å². The Morgan fingerprint density at radius 2 is 2.23 bits per heavy atom. The molecule has 1 aromatic rings. The molecule has 0 radical (unpaired) electrons. The minimum atomic E-state index is 0.627. The average Bonchev–Trinajstić information content (AvgIpc) is 2.03. The molecule has 0 saturated carbocycles. The van der Waals surface area contributed by atoms with Gasteiger partial charge < -0.3 is 15.4 Å². The van der Waals surface area contributed by atoms with Crippen LogP contribution in [0.5, 0.6) is 5.75 Å². The van der Waals surface area contributed by atoms with E-state index in [2.05, 4.69) is 9.88 Å². The van der Waals surface area contributed by atoms with Crippen molar-refractivity contribution in [3.8, 4) is 5.75 Å². The Labute approximate surface area is 78.3 Å².